The first kappa shape index (κ1) is 20.2. The lowest BCUT2D eigenvalue weighted by Crippen LogP contribution is -2.25. The lowest BCUT2D eigenvalue weighted by atomic mass is 10.1. The maximum atomic E-state index is 12.3. The van der Waals surface area contributed by atoms with Crippen molar-refractivity contribution >= 4 is 40.1 Å². The van der Waals surface area contributed by atoms with Gasteiger partial charge in [0, 0.05) is 37.1 Å². The maximum Gasteiger partial charge on any atom is 0.255 e. The molecule has 0 atom stereocenters. The first-order chi connectivity index (χ1) is 12.5. The van der Waals surface area contributed by atoms with Crippen LogP contribution in [0.2, 0.25) is 0 Å². The summed E-state index contributed by atoms with van der Waals surface area (Å²) in [4.78, 5) is 24.3. The molecule has 2 aromatic rings. The quantitative estimate of drug-likeness (QED) is 0.461. The normalized spacial score (nSPS) is 10.3. The molecule has 0 spiro atoms. The van der Waals surface area contributed by atoms with Crippen LogP contribution in [0.4, 0.5) is 5.69 Å². The summed E-state index contributed by atoms with van der Waals surface area (Å²) < 4.78 is 11.0. The molecular weight excluding hydrogens is 447 g/mol. The first-order valence-corrected chi connectivity index (χ1v) is 9.15. The van der Waals surface area contributed by atoms with Gasteiger partial charge in [0.1, 0.15) is 5.75 Å². The van der Waals surface area contributed by atoms with Crippen molar-refractivity contribution in [2.24, 2.45) is 0 Å². The van der Waals surface area contributed by atoms with Gasteiger partial charge in [-0.25, -0.2) is 0 Å². The zero-order chi connectivity index (χ0) is 18.9. The number of halogens is 1. The predicted octanol–water partition coefficient (Wildman–Crippen LogP) is 3.32. The molecule has 7 heteroatoms. The largest absolute Gasteiger partial charge is 0.496 e. The van der Waals surface area contributed by atoms with Crippen LogP contribution in [0.3, 0.4) is 0 Å². The molecule has 0 unspecified atom stereocenters. The molecule has 2 aromatic carbocycles. The number of nitrogens with one attached hydrogen (secondary N) is 2. The van der Waals surface area contributed by atoms with Crippen LogP contribution < -0.4 is 15.4 Å². The Morgan fingerprint density at radius 2 is 1.69 bits per heavy atom. The highest BCUT2D eigenvalue weighted by Gasteiger charge is 2.10. The standard InChI is InChI=1S/C19H21IN2O4/c1-25-11-3-10-21-18(23)13-4-7-15(8-5-13)22-19(24)14-6-9-17(26-2)16(20)12-14/h4-9,12H,3,10-11H2,1-2H3,(H,21,23)(H,22,24). The van der Waals surface area contributed by atoms with Crippen molar-refractivity contribution in [3.05, 3.63) is 57.2 Å². The van der Waals surface area contributed by atoms with Crippen molar-refractivity contribution in [3.63, 3.8) is 0 Å². The van der Waals surface area contributed by atoms with E-state index in [1.54, 1.807) is 56.7 Å². The zero-order valence-corrected chi connectivity index (χ0v) is 16.8. The number of hydrogen-bond donors (Lipinski definition) is 2. The zero-order valence-electron chi connectivity index (χ0n) is 14.7. The predicted molar refractivity (Wildman–Crippen MR) is 109 cm³/mol. The van der Waals surface area contributed by atoms with E-state index in [9.17, 15) is 9.59 Å². The third-order valence-electron chi connectivity index (χ3n) is 3.63. The summed E-state index contributed by atoms with van der Waals surface area (Å²) in [5, 5.41) is 5.64. The molecule has 0 fully saturated rings. The van der Waals surface area contributed by atoms with Gasteiger partial charge in [-0.1, -0.05) is 0 Å². The molecule has 138 valence electrons. The SMILES string of the molecule is COCCCNC(=O)c1ccc(NC(=O)c2ccc(OC)c(I)c2)cc1. The summed E-state index contributed by atoms with van der Waals surface area (Å²) in [5.74, 6) is 0.356. The Balaban J connectivity index is 1.95. The molecule has 0 heterocycles. The van der Waals surface area contributed by atoms with Gasteiger partial charge in [-0.15, -0.1) is 0 Å². The summed E-state index contributed by atoms with van der Waals surface area (Å²) in [6.45, 7) is 1.16. The molecule has 0 saturated carbocycles. The van der Waals surface area contributed by atoms with Gasteiger partial charge in [0.25, 0.3) is 11.8 Å². The van der Waals surface area contributed by atoms with Crippen LogP contribution in [0.5, 0.6) is 5.75 Å². The topological polar surface area (TPSA) is 76.7 Å². The van der Waals surface area contributed by atoms with Gasteiger partial charge < -0.3 is 20.1 Å². The number of anilines is 1. The van der Waals surface area contributed by atoms with Crippen LogP contribution in [0.1, 0.15) is 27.1 Å². The molecule has 0 aliphatic heterocycles. The van der Waals surface area contributed by atoms with Crippen molar-refractivity contribution in [1.82, 2.24) is 5.32 Å². The molecular formula is C19H21IN2O4. The van der Waals surface area contributed by atoms with Crippen molar-refractivity contribution < 1.29 is 19.1 Å². The van der Waals surface area contributed by atoms with Crippen molar-refractivity contribution in [2.45, 2.75) is 6.42 Å². The van der Waals surface area contributed by atoms with Gasteiger partial charge >= 0.3 is 0 Å². The highest BCUT2D eigenvalue weighted by Crippen LogP contribution is 2.22. The summed E-state index contributed by atoms with van der Waals surface area (Å²) >= 11 is 2.12. The fourth-order valence-corrected chi connectivity index (χ4v) is 2.97. The van der Waals surface area contributed by atoms with Crippen LogP contribution in [0.15, 0.2) is 42.5 Å². The molecule has 0 saturated heterocycles. The molecule has 0 radical (unpaired) electrons. The number of rotatable bonds is 8. The number of benzene rings is 2. The maximum absolute atomic E-state index is 12.3. The van der Waals surface area contributed by atoms with Crippen LogP contribution in [0.25, 0.3) is 0 Å². The van der Waals surface area contributed by atoms with E-state index in [0.29, 0.717) is 30.0 Å². The van der Waals surface area contributed by atoms with E-state index in [2.05, 4.69) is 33.2 Å². The molecule has 2 amide bonds. The minimum atomic E-state index is -0.220. The van der Waals surface area contributed by atoms with Crippen LogP contribution >= 0.6 is 22.6 Å². The number of amides is 2. The first-order valence-electron chi connectivity index (χ1n) is 8.07. The summed E-state index contributed by atoms with van der Waals surface area (Å²) in [7, 11) is 3.22. The third-order valence-corrected chi connectivity index (χ3v) is 4.47. The Labute approximate surface area is 166 Å². The smallest absolute Gasteiger partial charge is 0.255 e. The molecule has 0 bridgehead atoms. The van der Waals surface area contributed by atoms with Gasteiger partial charge in [0.05, 0.1) is 10.7 Å². The number of carbonyl (C=O) groups is 2. The van der Waals surface area contributed by atoms with E-state index in [4.69, 9.17) is 9.47 Å². The van der Waals surface area contributed by atoms with Crippen molar-refractivity contribution in [2.75, 3.05) is 32.7 Å². The van der Waals surface area contributed by atoms with Crippen molar-refractivity contribution in [3.8, 4) is 5.75 Å². The van der Waals surface area contributed by atoms with E-state index >= 15 is 0 Å². The van der Waals surface area contributed by atoms with Gasteiger partial charge in [0.15, 0.2) is 0 Å². The average molecular weight is 468 g/mol. The van der Waals surface area contributed by atoms with Crippen LogP contribution in [-0.4, -0.2) is 39.2 Å². The number of hydrogen-bond acceptors (Lipinski definition) is 4. The van der Waals surface area contributed by atoms with Gasteiger partial charge in [0.2, 0.25) is 0 Å². The lowest BCUT2D eigenvalue weighted by Gasteiger charge is -2.09. The third kappa shape index (κ3) is 5.70. The molecule has 0 aliphatic rings. The van der Waals surface area contributed by atoms with E-state index < -0.39 is 0 Å². The number of ether oxygens (including phenoxy) is 2. The molecule has 6 nitrogen and oxygen atoms in total. The van der Waals surface area contributed by atoms with Crippen LogP contribution in [-0.2, 0) is 4.74 Å². The van der Waals surface area contributed by atoms with E-state index in [1.807, 2.05) is 0 Å². The van der Waals surface area contributed by atoms with Gasteiger partial charge in [-0.3, -0.25) is 9.59 Å². The Bertz CT molecular complexity index is 763. The fraction of sp³-hybridized carbons (Fsp3) is 0.263. The Hall–Kier alpha value is -2.13. The summed E-state index contributed by atoms with van der Waals surface area (Å²) in [5.41, 5.74) is 1.70. The van der Waals surface area contributed by atoms with E-state index in [0.717, 1.165) is 15.7 Å². The molecule has 0 aromatic heterocycles. The fourth-order valence-electron chi connectivity index (χ4n) is 2.24. The van der Waals surface area contributed by atoms with Crippen LogP contribution in [0, 0.1) is 3.57 Å². The highest BCUT2D eigenvalue weighted by atomic mass is 127. The summed E-state index contributed by atoms with van der Waals surface area (Å²) in [6.07, 6.45) is 0.761. The lowest BCUT2D eigenvalue weighted by molar-refractivity contribution is 0.0948. The Kier molecular flexibility index (Phi) is 7.86. The second kappa shape index (κ2) is 10.1. The number of carbonyl (C=O) groups excluding carboxylic acids is 2. The van der Waals surface area contributed by atoms with E-state index in [1.165, 1.54) is 0 Å². The van der Waals surface area contributed by atoms with Crippen molar-refractivity contribution in [1.29, 1.82) is 0 Å². The number of methoxy groups -OCH3 is 2. The molecule has 2 rings (SSSR count). The highest BCUT2D eigenvalue weighted by molar-refractivity contribution is 14.1. The minimum absolute atomic E-state index is 0.149. The summed E-state index contributed by atoms with van der Waals surface area (Å²) in [6, 6.07) is 12.0. The molecule has 0 aliphatic carbocycles. The second-order valence-electron chi connectivity index (χ2n) is 5.48. The van der Waals surface area contributed by atoms with Gasteiger partial charge in [-0.2, -0.15) is 0 Å². The minimum Gasteiger partial charge on any atom is -0.496 e. The monoisotopic (exact) mass is 468 g/mol. The second-order valence-corrected chi connectivity index (χ2v) is 6.65. The van der Waals surface area contributed by atoms with Gasteiger partial charge in [-0.05, 0) is 71.5 Å². The molecule has 2 N–H and O–H groups in total. The average Bonchev–Trinajstić information content (AvgIpc) is 2.65. The molecule has 26 heavy (non-hydrogen) atoms. The Morgan fingerprint density at radius 3 is 2.31 bits per heavy atom. The van der Waals surface area contributed by atoms with E-state index in [-0.39, 0.29) is 11.8 Å². The Morgan fingerprint density at radius 1 is 1.00 bits per heavy atom.